The lowest BCUT2D eigenvalue weighted by Crippen LogP contribution is -1.86. The zero-order chi connectivity index (χ0) is 11.1. The van der Waals surface area contributed by atoms with Crippen molar-refractivity contribution in [1.29, 1.82) is 0 Å². The zero-order valence-electron chi connectivity index (χ0n) is 8.77. The monoisotopic (exact) mass is 208 g/mol. The van der Waals surface area contributed by atoms with E-state index in [1.165, 1.54) is 10.8 Å². The van der Waals surface area contributed by atoms with Crippen LogP contribution in [0.3, 0.4) is 0 Å². The lowest BCUT2D eigenvalue weighted by Gasteiger charge is -2.05. The summed E-state index contributed by atoms with van der Waals surface area (Å²) in [7, 11) is 0. The van der Waals surface area contributed by atoms with Crippen molar-refractivity contribution in [2.24, 2.45) is 0 Å². The number of rotatable bonds is 0. The first kappa shape index (κ1) is 9.04. The van der Waals surface area contributed by atoms with Gasteiger partial charge in [0, 0.05) is 11.4 Å². The van der Waals surface area contributed by atoms with Crippen LogP contribution in [0, 0.1) is 0 Å². The van der Waals surface area contributed by atoms with Gasteiger partial charge in [-0.2, -0.15) is 0 Å². The van der Waals surface area contributed by atoms with Crippen molar-refractivity contribution in [3.8, 4) is 0 Å². The average Bonchev–Trinajstić information content (AvgIpc) is 2.28. The van der Waals surface area contributed by atoms with Gasteiger partial charge in [0.15, 0.2) is 0 Å². The Hall–Kier alpha value is -2.22. The maximum absolute atomic E-state index is 5.77. The van der Waals surface area contributed by atoms with Gasteiger partial charge in [0.05, 0.1) is 0 Å². The summed E-state index contributed by atoms with van der Waals surface area (Å²) in [6.45, 7) is 0. The number of fused-ring (bicyclic) bond motifs is 3. The van der Waals surface area contributed by atoms with Crippen molar-refractivity contribution in [3.05, 3.63) is 48.5 Å². The van der Waals surface area contributed by atoms with Gasteiger partial charge >= 0.3 is 0 Å². The van der Waals surface area contributed by atoms with E-state index in [0.717, 1.165) is 22.1 Å². The van der Waals surface area contributed by atoms with Gasteiger partial charge in [-0.25, -0.2) is 0 Å². The molecule has 0 unspecified atom stereocenters. The molecule has 3 rings (SSSR count). The largest absolute Gasteiger partial charge is 0.399 e. The van der Waals surface area contributed by atoms with Crippen molar-refractivity contribution in [2.75, 3.05) is 11.5 Å². The molecule has 2 nitrogen and oxygen atoms in total. The minimum absolute atomic E-state index is 0.794. The van der Waals surface area contributed by atoms with Crippen LogP contribution in [-0.2, 0) is 0 Å². The minimum Gasteiger partial charge on any atom is -0.399 e. The first-order valence-corrected chi connectivity index (χ1v) is 5.21. The summed E-state index contributed by atoms with van der Waals surface area (Å²) in [6, 6.07) is 16.1. The van der Waals surface area contributed by atoms with Crippen molar-refractivity contribution in [1.82, 2.24) is 0 Å². The van der Waals surface area contributed by atoms with E-state index in [9.17, 15) is 0 Å². The third kappa shape index (κ3) is 1.27. The molecule has 0 aliphatic rings. The topological polar surface area (TPSA) is 52.0 Å². The molecule has 0 bridgehead atoms. The molecule has 0 spiro atoms. The minimum atomic E-state index is 0.794. The molecule has 3 aromatic carbocycles. The summed E-state index contributed by atoms with van der Waals surface area (Å²) in [5.74, 6) is 0. The van der Waals surface area contributed by atoms with E-state index >= 15 is 0 Å². The van der Waals surface area contributed by atoms with Gasteiger partial charge in [0.2, 0.25) is 0 Å². The summed E-state index contributed by atoms with van der Waals surface area (Å²) in [5.41, 5.74) is 13.1. The summed E-state index contributed by atoms with van der Waals surface area (Å²) >= 11 is 0. The molecule has 0 aromatic heterocycles. The Morgan fingerprint density at radius 2 is 1.00 bits per heavy atom. The van der Waals surface area contributed by atoms with E-state index in [1.807, 2.05) is 24.3 Å². The highest BCUT2D eigenvalue weighted by molar-refractivity contribution is 6.08. The second kappa shape index (κ2) is 3.14. The van der Waals surface area contributed by atoms with E-state index in [2.05, 4.69) is 24.3 Å². The van der Waals surface area contributed by atoms with Crippen LogP contribution in [0.25, 0.3) is 21.5 Å². The van der Waals surface area contributed by atoms with Gasteiger partial charge in [0.1, 0.15) is 0 Å². The third-order valence-corrected chi connectivity index (χ3v) is 2.88. The van der Waals surface area contributed by atoms with E-state index in [1.54, 1.807) is 0 Å². The molecule has 0 saturated heterocycles. The molecule has 0 amide bonds. The predicted octanol–water partition coefficient (Wildman–Crippen LogP) is 3.16. The Morgan fingerprint density at radius 3 is 1.44 bits per heavy atom. The van der Waals surface area contributed by atoms with E-state index < -0.39 is 0 Å². The molecule has 0 radical (unpaired) electrons. The standard InChI is InChI=1S/C14H12N2/c15-11-3-5-13-9(7-11)1-2-10-8-12(16)4-6-14(10)13/h1-8H,15-16H2. The van der Waals surface area contributed by atoms with Crippen LogP contribution in [-0.4, -0.2) is 0 Å². The highest BCUT2D eigenvalue weighted by Crippen LogP contribution is 2.27. The van der Waals surface area contributed by atoms with Crippen molar-refractivity contribution < 1.29 is 0 Å². The smallest absolute Gasteiger partial charge is 0.0320 e. The molecule has 0 saturated carbocycles. The highest BCUT2D eigenvalue weighted by atomic mass is 14.5. The molecule has 0 atom stereocenters. The Labute approximate surface area is 93.5 Å². The van der Waals surface area contributed by atoms with Crippen LogP contribution >= 0.6 is 0 Å². The second-order valence-electron chi connectivity index (χ2n) is 4.03. The fourth-order valence-electron chi connectivity index (χ4n) is 2.11. The molecular weight excluding hydrogens is 196 g/mol. The lowest BCUT2D eigenvalue weighted by atomic mass is 10.0. The average molecular weight is 208 g/mol. The SMILES string of the molecule is Nc1ccc2c(ccc3cc(N)ccc32)c1. The Kier molecular flexibility index (Phi) is 1.77. The van der Waals surface area contributed by atoms with Gasteiger partial charge in [-0.3, -0.25) is 0 Å². The molecule has 16 heavy (non-hydrogen) atoms. The quantitative estimate of drug-likeness (QED) is 0.440. The molecule has 3 aromatic rings. The van der Waals surface area contributed by atoms with E-state index in [0.29, 0.717) is 0 Å². The normalized spacial score (nSPS) is 11.0. The number of hydrogen-bond acceptors (Lipinski definition) is 2. The number of hydrogen-bond donors (Lipinski definition) is 2. The molecule has 0 fully saturated rings. The van der Waals surface area contributed by atoms with Crippen LogP contribution in [0.1, 0.15) is 0 Å². The van der Waals surface area contributed by atoms with Crippen LogP contribution in [0.4, 0.5) is 11.4 Å². The second-order valence-corrected chi connectivity index (χ2v) is 4.03. The van der Waals surface area contributed by atoms with Gasteiger partial charge in [0.25, 0.3) is 0 Å². The number of nitrogen functional groups attached to an aromatic ring is 2. The van der Waals surface area contributed by atoms with Gasteiger partial charge in [-0.05, 0) is 45.8 Å². The third-order valence-electron chi connectivity index (χ3n) is 2.88. The molecule has 2 heteroatoms. The first-order chi connectivity index (χ1) is 7.74. The maximum Gasteiger partial charge on any atom is 0.0320 e. The maximum atomic E-state index is 5.77. The summed E-state index contributed by atoms with van der Waals surface area (Å²) in [5, 5.41) is 4.76. The van der Waals surface area contributed by atoms with Crippen LogP contribution in [0.5, 0.6) is 0 Å². The zero-order valence-corrected chi connectivity index (χ0v) is 8.77. The Bertz CT molecular complexity index is 626. The van der Waals surface area contributed by atoms with E-state index in [4.69, 9.17) is 11.5 Å². The molecule has 4 N–H and O–H groups in total. The lowest BCUT2D eigenvalue weighted by molar-refractivity contribution is 1.73. The number of anilines is 2. The van der Waals surface area contributed by atoms with Crippen molar-refractivity contribution in [3.63, 3.8) is 0 Å². The number of nitrogens with two attached hydrogens (primary N) is 2. The van der Waals surface area contributed by atoms with Gasteiger partial charge in [-0.1, -0.05) is 24.3 Å². The van der Waals surface area contributed by atoms with Gasteiger partial charge in [-0.15, -0.1) is 0 Å². The fraction of sp³-hybridized carbons (Fsp3) is 0. The highest BCUT2D eigenvalue weighted by Gasteiger charge is 2.00. The van der Waals surface area contributed by atoms with Crippen molar-refractivity contribution in [2.45, 2.75) is 0 Å². The summed E-state index contributed by atoms with van der Waals surface area (Å²) in [4.78, 5) is 0. The Balaban J connectivity index is 2.50. The first-order valence-electron chi connectivity index (χ1n) is 5.21. The number of benzene rings is 3. The Morgan fingerprint density at radius 1 is 0.562 bits per heavy atom. The van der Waals surface area contributed by atoms with Crippen LogP contribution in [0.2, 0.25) is 0 Å². The summed E-state index contributed by atoms with van der Waals surface area (Å²) < 4.78 is 0. The van der Waals surface area contributed by atoms with E-state index in [-0.39, 0.29) is 0 Å². The fourth-order valence-corrected chi connectivity index (χ4v) is 2.11. The molecule has 0 heterocycles. The predicted molar refractivity (Wildman–Crippen MR) is 70.3 cm³/mol. The summed E-state index contributed by atoms with van der Waals surface area (Å²) in [6.07, 6.45) is 0. The molecule has 0 aliphatic heterocycles. The van der Waals surface area contributed by atoms with Crippen molar-refractivity contribution >= 4 is 32.9 Å². The molecular formula is C14H12N2. The van der Waals surface area contributed by atoms with Gasteiger partial charge < -0.3 is 11.5 Å². The van der Waals surface area contributed by atoms with Crippen LogP contribution in [0.15, 0.2) is 48.5 Å². The van der Waals surface area contributed by atoms with Crippen LogP contribution < -0.4 is 11.5 Å². The molecule has 0 aliphatic carbocycles. The molecule has 78 valence electrons.